The molecule has 0 aromatic rings. The minimum Gasteiger partial charge on any atom is 0 e. The van der Waals surface area contributed by atoms with E-state index in [-0.39, 0.29) is 61.9 Å². The predicted molar refractivity (Wildman–Crippen MR) is 14.0 cm³/mol. The van der Waals surface area contributed by atoms with Gasteiger partial charge in [0.2, 0.25) is 0 Å². The Balaban J connectivity index is 0. The largest absolute Gasteiger partial charge is 0 e. The van der Waals surface area contributed by atoms with Gasteiger partial charge in [0.15, 0.2) is 0 Å². The normalized spacial score (nSPS) is 4.60. The van der Waals surface area contributed by atoms with Crippen LogP contribution in [0.25, 0.3) is 0 Å². The minimum absolute atomic E-state index is 0. The van der Waals surface area contributed by atoms with E-state index in [1.807, 2.05) is 0 Å². The molecule has 0 rings (SSSR count). The summed E-state index contributed by atoms with van der Waals surface area (Å²) >= 11 is 0.119. The Morgan fingerprint density at radius 1 is 1.40 bits per heavy atom. The molecule has 1 radical (unpaired) electrons. The quantitative estimate of drug-likeness (QED) is 0.429. The average Bonchev–Trinajstić information content (AvgIpc) is 0.811. The van der Waals surface area contributed by atoms with Gasteiger partial charge >= 0.3 is 53.3 Å². The van der Waals surface area contributed by atoms with Gasteiger partial charge < -0.3 is 0 Å². The molecule has 0 aliphatic carbocycles. The summed E-state index contributed by atoms with van der Waals surface area (Å²) in [5.41, 5.74) is 0. The summed E-state index contributed by atoms with van der Waals surface area (Å²) in [5, 5.41) is 0. The van der Waals surface area contributed by atoms with Gasteiger partial charge in [-0.05, 0) is 0 Å². The van der Waals surface area contributed by atoms with Crippen molar-refractivity contribution in [3.63, 3.8) is 0 Å². The molecule has 21 valence electrons. The van der Waals surface area contributed by atoms with Crippen molar-refractivity contribution in [2.75, 3.05) is 0 Å². The van der Waals surface area contributed by atoms with E-state index in [4.69, 9.17) is 9.13 Å². The smallest absolute Gasteiger partial charge is 0 e. The van der Waals surface area contributed by atoms with Crippen LogP contribution >= 0.6 is 1.78 Å². The number of rotatable bonds is 0. The van der Waals surface area contributed by atoms with Crippen LogP contribution in [0.3, 0.4) is 0 Å². The van der Waals surface area contributed by atoms with Crippen LogP contribution in [0.15, 0.2) is 0 Å². The molecule has 0 heterocycles. The Hall–Kier alpha value is 2.00. The fourth-order valence-electron chi connectivity index (χ4n) is 0. The topological polar surface area (TPSA) is 34.1 Å². The Labute approximate surface area is 71.4 Å². The van der Waals surface area contributed by atoms with Crippen LogP contribution in [0, 0.1) is 0 Å². The molecule has 0 spiro atoms. The maximum atomic E-state index is 9.11. The summed E-state index contributed by atoms with van der Waals surface area (Å²) in [6.45, 7) is 0. The van der Waals surface area contributed by atoms with Gasteiger partial charge in [-0.3, -0.25) is 0 Å². The monoisotopic (exact) mass is 215 g/mol. The SMILES string of the molecule is O=[P](=O)[Sr].[Zn]. The Morgan fingerprint density at radius 3 is 1.40 bits per heavy atom. The molecule has 0 unspecified atom stereocenters. The van der Waals surface area contributed by atoms with Gasteiger partial charge in [0, 0.05) is 19.5 Å². The molecular formula is O2PSrZn. The van der Waals surface area contributed by atoms with Crippen molar-refractivity contribution in [2.24, 2.45) is 0 Å². The molecule has 0 fully saturated rings. The first kappa shape index (κ1) is 10.1. The van der Waals surface area contributed by atoms with Crippen molar-refractivity contribution in [3.8, 4) is 0 Å². The maximum absolute atomic E-state index is 9.11. The number of hydrogen-bond acceptors (Lipinski definition) is 2. The summed E-state index contributed by atoms with van der Waals surface area (Å²) in [4.78, 5) is 0. The molecule has 0 atom stereocenters. The molecule has 5 heteroatoms. The van der Waals surface area contributed by atoms with Gasteiger partial charge in [0.05, 0.1) is 0 Å². The van der Waals surface area contributed by atoms with E-state index in [0.29, 0.717) is 0 Å². The van der Waals surface area contributed by atoms with Crippen LogP contribution in [0.2, 0.25) is 0 Å². The fraction of sp³-hybridized carbons (Fsp3) is 0. The van der Waals surface area contributed by atoms with Crippen LogP contribution in [0.5, 0.6) is 0 Å². The zero-order chi connectivity index (χ0) is 3.58. The van der Waals surface area contributed by atoms with E-state index in [9.17, 15) is 0 Å². The van der Waals surface area contributed by atoms with Gasteiger partial charge in [0.25, 0.3) is 0 Å². The molecule has 0 amide bonds. The van der Waals surface area contributed by atoms with Gasteiger partial charge in [-0.2, -0.15) is 0 Å². The van der Waals surface area contributed by atoms with Crippen molar-refractivity contribution in [3.05, 3.63) is 0 Å². The van der Waals surface area contributed by atoms with E-state index in [1.54, 1.807) is 0 Å². The van der Waals surface area contributed by atoms with E-state index in [0.717, 1.165) is 0 Å². The summed E-state index contributed by atoms with van der Waals surface area (Å²) in [5.74, 6) is 0. The first-order chi connectivity index (χ1) is 1.73. The standard InChI is InChI=1S/O2P.Sr.Zn/c1-3-2;;. The molecule has 2 nitrogen and oxygen atoms in total. The summed E-state index contributed by atoms with van der Waals surface area (Å²) in [6.07, 6.45) is 0. The van der Waals surface area contributed by atoms with Crippen LogP contribution in [-0.2, 0) is 28.6 Å². The van der Waals surface area contributed by atoms with Crippen molar-refractivity contribution in [1.29, 1.82) is 0 Å². The van der Waals surface area contributed by atoms with Gasteiger partial charge in [-0.1, -0.05) is 0 Å². The molecule has 0 aromatic heterocycles. The second-order valence-electron chi connectivity index (χ2n) is 0.333. The van der Waals surface area contributed by atoms with Gasteiger partial charge in [0.1, 0.15) is 0 Å². The third kappa shape index (κ3) is 24.0. The van der Waals surface area contributed by atoms with Crippen LogP contribution < -0.4 is 0 Å². The Bertz CT molecular complexity index is 58.0. The average molecular weight is 216 g/mol. The molecule has 0 aromatic carbocycles. The third-order valence-electron chi connectivity index (χ3n) is 0. The minimum atomic E-state index is -1.95. The van der Waals surface area contributed by atoms with Crippen molar-refractivity contribution >= 4 is 44.2 Å². The Morgan fingerprint density at radius 2 is 1.40 bits per heavy atom. The summed E-state index contributed by atoms with van der Waals surface area (Å²) in [6, 6.07) is 0. The van der Waals surface area contributed by atoms with E-state index in [1.165, 1.54) is 0 Å². The molecule has 0 aliphatic heterocycles. The molecule has 0 saturated heterocycles. The first-order valence-electron chi connectivity index (χ1n) is 0.681. The summed E-state index contributed by atoms with van der Waals surface area (Å²) in [7, 11) is 0. The van der Waals surface area contributed by atoms with Crippen LogP contribution in [0.4, 0.5) is 0 Å². The fourth-order valence-corrected chi connectivity index (χ4v) is 0. The van der Waals surface area contributed by atoms with Gasteiger partial charge in [-0.25, -0.2) is 0 Å². The molecule has 0 N–H and O–H groups in total. The number of hydrogen-bond donors (Lipinski definition) is 0. The van der Waals surface area contributed by atoms with Crippen LogP contribution in [-0.4, -0.2) is 42.4 Å². The van der Waals surface area contributed by atoms with Crippen molar-refractivity contribution in [1.82, 2.24) is 0 Å². The molecular weight excluding hydrogens is 216 g/mol. The Kier molecular flexibility index (Phi) is 12.1. The van der Waals surface area contributed by atoms with E-state index < -0.39 is 1.78 Å². The third-order valence-corrected chi connectivity index (χ3v) is 0. The van der Waals surface area contributed by atoms with E-state index in [2.05, 4.69) is 0 Å². The molecule has 5 heavy (non-hydrogen) atoms. The second kappa shape index (κ2) is 6.00. The first-order valence-corrected chi connectivity index (χ1v) is 6.71. The molecule has 0 aliphatic rings. The zero-order valence-corrected chi connectivity index (χ0v) is 10.0. The summed E-state index contributed by atoms with van der Waals surface area (Å²) < 4.78 is 16.3. The second-order valence-corrected chi connectivity index (χ2v) is 4.81. The van der Waals surface area contributed by atoms with Crippen LogP contribution in [0.1, 0.15) is 0 Å². The van der Waals surface area contributed by atoms with Crippen molar-refractivity contribution < 1.29 is 28.6 Å². The van der Waals surface area contributed by atoms with E-state index >= 15 is 0 Å². The molecule has 0 saturated carbocycles. The predicted octanol–water partition coefficient (Wildman–Crippen LogP) is 0.240. The zero-order valence-electron chi connectivity index (χ0n) is 2.68. The van der Waals surface area contributed by atoms with Gasteiger partial charge in [-0.15, -0.1) is 0 Å². The molecule has 0 bridgehead atoms. The van der Waals surface area contributed by atoms with Crippen molar-refractivity contribution in [2.45, 2.75) is 0 Å². The maximum Gasteiger partial charge on any atom is 0 e.